The largest absolute Gasteiger partial charge is 0.372 e. The van der Waals surface area contributed by atoms with Gasteiger partial charge < -0.3 is 4.74 Å². The molecule has 0 radical (unpaired) electrons. The zero-order chi connectivity index (χ0) is 11.4. The molecule has 2 saturated heterocycles. The molecule has 2 rings (SSSR count). The Morgan fingerprint density at radius 3 is 2.31 bits per heavy atom. The fourth-order valence-corrected chi connectivity index (χ4v) is 3.23. The first-order valence-electron chi connectivity index (χ1n) is 7.23. The van der Waals surface area contributed by atoms with E-state index in [1.165, 1.54) is 58.0 Å². The van der Waals surface area contributed by atoms with Crippen LogP contribution in [0.15, 0.2) is 0 Å². The Morgan fingerprint density at radius 1 is 1.06 bits per heavy atom. The van der Waals surface area contributed by atoms with Gasteiger partial charge >= 0.3 is 0 Å². The summed E-state index contributed by atoms with van der Waals surface area (Å²) in [6, 6.07) is 0.831. The predicted octanol–water partition coefficient (Wildman–Crippen LogP) is 3.21. The van der Waals surface area contributed by atoms with Crippen LogP contribution in [0.2, 0.25) is 0 Å². The lowest BCUT2D eigenvalue weighted by Gasteiger charge is -2.38. The number of fused-ring (bicyclic) bond motifs is 2. The van der Waals surface area contributed by atoms with Crippen molar-refractivity contribution >= 4 is 0 Å². The second kappa shape index (κ2) is 6.02. The van der Waals surface area contributed by atoms with Gasteiger partial charge in [-0.05, 0) is 25.7 Å². The molecule has 2 heteroatoms. The van der Waals surface area contributed by atoms with Crippen LogP contribution < -0.4 is 0 Å². The molecule has 3 atom stereocenters. The minimum atomic E-state index is 0.555. The highest BCUT2D eigenvalue weighted by atomic mass is 16.5. The highest BCUT2D eigenvalue weighted by molar-refractivity contribution is 4.87. The van der Waals surface area contributed by atoms with Gasteiger partial charge in [0.25, 0.3) is 0 Å². The molecule has 0 N–H and O–H groups in total. The summed E-state index contributed by atoms with van der Waals surface area (Å²) in [5.74, 6) is 0. The second-order valence-corrected chi connectivity index (χ2v) is 5.50. The van der Waals surface area contributed by atoms with Crippen LogP contribution >= 0.6 is 0 Å². The Labute approximate surface area is 100 Å². The van der Waals surface area contributed by atoms with E-state index in [-0.39, 0.29) is 0 Å². The molecule has 94 valence electrons. The standard InChI is InChI=1S/C14H27NO/c1-3-5-7-12(6-4-2)15-10-13-8-9-14(11-15)16-13/h12-14H,3-11H2,1-2H3. The minimum absolute atomic E-state index is 0.555. The van der Waals surface area contributed by atoms with Gasteiger partial charge in [-0.2, -0.15) is 0 Å². The number of rotatable bonds is 6. The van der Waals surface area contributed by atoms with Crippen LogP contribution in [0.4, 0.5) is 0 Å². The molecule has 0 spiro atoms. The smallest absolute Gasteiger partial charge is 0.0707 e. The molecule has 3 unspecified atom stereocenters. The molecule has 2 fully saturated rings. The van der Waals surface area contributed by atoms with Crippen molar-refractivity contribution in [2.24, 2.45) is 0 Å². The van der Waals surface area contributed by atoms with Crippen molar-refractivity contribution in [1.82, 2.24) is 4.90 Å². The van der Waals surface area contributed by atoms with Crippen molar-refractivity contribution in [2.75, 3.05) is 13.1 Å². The maximum Gasteiger partial charge on any atom is 0.0707 e. The van der Waals surface area contributed by atoms with Gasteiger partial charge in [0.05, 0.1) is 12.2 Å². The zero-order valence-corrected chi connectivity index (χ0v) is 11.0. The van der Waals surface area contributed by atoms with Crippen molar-refractivity contribution in [3.05, 3.63) is 0 Å². The maximum absolute atomic E-state index is 5.92. The number of nitrogens with zero attached hydrogens (tertiary/aromatic N) is 1. The number of likely N-dealkylation sites (tertiary alicyclic amines) is 1. The van der Waals surface area contributed by atoms with Gasteiger partial charge in [0.15, 0.2) is 0 Å². The molecule has 0 aromatic rings. The molecule has 16 heavy (non-hydrogen) atoms. The molecule has 2 aliphatic rings. The van der Waals surface area contributed by atoms with Crippen molar-refractivity contribution in [3.63, 3.8) is 0 Å². The van der Waals surface area contributed by atoms with Gasteiger partial charge in [-0.3, -0.25) is 4.90 Å². The summed E-state index contributed by atoms with van der Waals surface area (Å²) in [7, 11) is 0. The van der Waals surface area contributed by atoms with E-state index in [1.54, 1.807) is 0 Å². The molecule has 0 saturated carbocycles. The quantitative estimate of drug-likeness (QED) is 0.688. The first kappa shape index (κ1) is 12.4. The SMILES string of the molecule is CCCCC(CCC)N1CC2CCC(C1)O2. The highest BCUT2D eigenvalue weighted by Gasteiger charge is 2.35. The molecule has 0 amide bonds. The number of hydrogen-bond acceptors (Lipinski definition) is 2. The fourth-order valence-electron chi connectivity index (χ4n) is 3.23. The Kier molecular flexibility index (Phi) is 4.66. The first-order chi connectivity index (χ1) is 7.83. The molecule has 0 aromatic carbocycles. The third-order valence-electron chi connectivity index (χ3n) is 4.10. The van der Waals surface area contributed by atoms with Crippen LogP contribution in [0.3, 0.4) is 0 Å². The molecule has 0 aromatic heterocycles. The summed E-state index contributed by atoms with van der Waals surface area (Å²) in [6.45, 7) is 7.01. The summed E-state index contributed by atoms with van der Waals surface area (Å²) in [4.78, 5) is 2.73. The van der Waals surface area contributed by atoms with Crippen LogP contribution in [-0.2, 0) is 4.74 Å². The first-order valence-corrected chi connectivity index (χ1v) is 7.23. The van der Waals surface area contributed by atoms with Gasteiger partial charge in [-0.25, -0.2) is 0 Å². The predicted molar refractivity (Wildman–Crippen MR) is 67.7 cm³/mol. The van der Waals surface area contributed by atoms with Crippen molar-refractivity contribution in [3.8, 4) is 0 Å². The van der Waals surface area contributed by atoms with E-state index in [0.717, 1.165) is 6.04 Å². The van der Waals surface area contributed by atoms with E-state index in [2.05, 4.69) is 18.7 Å². The molecule has 2 heterocycles. The van der Waals surface area contributed by atoms with Crippen LogP contribution in [-0.4, -0.2) is 36.2 Å². The molecule has 2 nitrogen and oxygen atoms in total. The Morgan fingerprint density at radius 2 is 1.75 bits per heavy atom. The van der Waals surface area contributed by atoms with Crippen LogP contribution in [0.25, 0.3) is 0 Å². The number of morpholine rings is 1. The normalized spacial score (nSPS) is 31.9. The number of ether oxygens (including phenoxy) is 1. The van der Waals surface area contributed by atoms with Gasteiger partial charge in [0.2, 0.25) is 0 Å². The average molecular weight is 225 g/mol. The van der Waals surface area contributed by atoms with E-state index >= 15 is 0 Å². The van der Waals surface area contributed by atoms with Crippen LogP contribution in [0.1, 0.15) is 58.8 Å². The molecular formula is C14H27NO. The maximum atomic E-state index is 5.92. The third kappa shape index (κ3) is 2.98. The molecular weight excluding hydrogens is 198 g/mol. The Balaban J connectivity index is 1.86. The summed E-state index contributed by atoms with van der Waals surface area (Å²) < 4.78 is 5.92. The summed E-state index contributed by atoms with van der Waals surface area (Å²) >= 11 is 0. The summed E-state index contributed by atoms with van der Waals surface area (Å²) in [6.07, 6.45) is 10.5. The topological polar surface area (TPSA) is 12.5 Å². The van der Waals surface area contributed by atoms with Crippen LogP contribution in [0.5, 0.6) is 0 Å². The Hall–Kier alpha value is -0.0800. The van der Waals surface area contributed by atoms with E-state index in [4.69, 9.17) is 4.74 Å². The van der Waals surface area contributed by atoms with E-state index in [9.17, 15) is 0 Å². The van der Waals surface area contributed by atoms with E-state index in [0.29, 0.717) is 12.2 Å². The number of unbranched alkanes of at least 4 members (excludes halogenated alkanes) is 1. The molecule has 2 bridgehead atoms. The lowest BCUT2D eigenvalue weighted by atomic mass is 10.0. The molecule has 0 aliphatic carbocycles. The van der Waals surface area contributed by atoms with Gasteiger partial charge in [-0.15, -0.1) is 0 Å². The van der Waals surface area contributed by atoms with Crippen LogP contribution in [0, 0.1) is 0 Å². The lowest BCUT2D eigenvalue weighted by Crippen LogP contribution is -2.47. The highest BCUT2D eigenvalue weighted by Crippen LogP contribution is 2.29. The fraction of sp³-hybridized carbons (Fsp3) is 1.00. The van der Waals surface area contributed by atoms with Crippen molar-refractivity contribution < 1.29 is 4.74 Å². The van der Waals surface area contributed by atoms with Gasteiger partial charge in [0, 0.05) is 19.1 Å². The second-order valence-electron chi connectivity index (χ2n) is 5.50. The minimum Gasteiger partial charge on any atom is -0.372 e. The van der Waals surface area contributed by atoms with Crippen molar-refractivity contribution in [2.45, 2.75) is 77.0 Å². The summed E-state index contributed by atoms with van der Waals surface area (Å²) in [5.41, 5.74) is 0. The molecule has 2 aliphatic heterocycles. The summed E-state index contributed by atoms with van der Waals surface area (Å²) in [5, 5.41) is 0. The Bertz CT molecular complexity index is 195. The lowest BCUT2D eigenvalue weighted by molar-refractivity contribution is -0.0551. The zero-order valence-electron chi connectivity index (χ0n) is 11.0. The number of hydrogen-bond donors (Lipinski definition) is 0. The van der Waals surface area contributed by atoms with Gasteiger partial charge in [-0.1, -0.05) is 33.1 Å². The average Bonchev–Trinajstić information content (AvgIpc) is 2.63. The van der Waals surface area contributed by atoms with Gasteiger partial charge in [0.1, 0.15) is 0 Å². The monoisotopic (exact) mass is 225 g/mol. The van der Waals surface area contributed by atoms with E-state index in [1.807, 2.05) is 0 Å². The van der Waals surface area contributed by atoms with E-state index < -0.39 is 0 Å². The third-order valence-corrected chi connectivity index (χ3v) is 4.10. The van der Waals surface area contributed by atoms with Crippen molar-refractivity contribution in [1.29, 1.82) is 0 Å².